The first kappa shape index (κ1) is 14.6. The fourth-order valence-corrected chi connectivity index (χ4v) is 2.30. The van der Waals surface area contributed by atoms with Crippen LogP contribution in [0.1, 0.15) is 18.5 Å². The van der Waals surface area contributed by atoms with Crippen molar-refractivity contribution in [1.29, 1.82) is 0 Å². The zero-order valence-electron chi connectivity index (χ0n) is 10.5. The Labute approximate surface area is 125 Å². The van der Waals surface area contributed by atoms with E-state index in [0.717, 1.165) is 5.56 Å². The highest BCUT2D eigenvalue weighted by Gasteiger charge is 2.11. The minimum Gasteiger partial charge on any atom is -0.363 e. The molecule has 20 heavy (non-hydrogen) atoms. The van der Waals surface area contributed by atoms with Gasteiger partial charge in [0.25, 0.3) is 5.69 Å². The summed E-state index contributed by atoms with van der Waals surface area (Å²) in [5.74, 6) is 0.536. The molecule has 5 nitrogen and oxygen atoms in total. The molecular weight excluding hydrogens is 301 g/mol. The van der Waals surface area contributed by atoms with E-state index in [1.807, 2.05) is 13.0 Å². The molecule has 0 saturated heterocycles. The lowest BCUT2D eigenvalue weighted by atomic mass is 10.1. The van der Waals surface area contributed by atoms with Crippen molar-refractivity contribution >= 4 is 34.7 Å². The van der Waals surface area contributed by atoms with Gasteiger partial charge in [0.05, 0.1) is 11.0 Å². The number of nitrogens with zero attached hydrogens (tertiary/aromatic N) is 2. The maximum atomic E-state index is 10.5. The van der Waals surface area contributed by atoms with Crippen molar-refractivity contribution in [2.24, 2.45) is 0 Å². The molecule has 0 saturated carbocycles. The van der Waals surface area contributed by atoms with Gasteiger partial charge in [-0.1, -0.05) is 29.3 Å². The third-order valence-electron chi connectivity index (χ3n) is 2.75. The van der Waals surface area contributed by atoms with Gasteiger partial charge in [-0.2, -0.15) is 0 Å². The number of rotatable bonds is 4. The lowest BCUT2D eigenvalue weighted by molar-refractivity contribution is -0.385. The van der Waals surface area contributed by atoms with E-state index in [9.17, 15) is 10.1 Å². The fourth-order valence-electron chi connectivity index (χ4n) is 1.73. The van der Waals surface area contributed by atoms with Crippen LogP contribution in [0.3, 0.4) is 0 Å². The number of nitro groups is 1. The van der Waals surface area contributed by atoms with Crippen molar-refractivity contribution in [3.05, 3.63) is 62.3 Å². The summed E-state index contributed by atoms with van der Waals surface area (Å²) in [6, 6.07) is 8.09. The molecule has 7 heteroatoms. The number of nitrogens with one attached hydrogen (secondary N) is 1. The smallest absolute Gasteiger partial charge is 0.287 e. The first-order valence-electron chi connectivity index (χ1n) is 5.79. The highest BCUT2D eigenvalue weighted by atomic mass is 35.5. The van der Waals surface area contributed by atoms with Crippen molar-refractivity contribution in [3.8, 4) is 0 Å². The van der Waals surface area contributed by atoms with Gasteiger partial charge in [0, 0.05) is 16.1 Å². The SMILES string of the molecule is CC(Nc1ccc([N+](=O)[O-])cn1)c1ccc(Cl)cc1Cl. The van der Waals surface area contributed by atoms with Gasteiger partial charge in [0.1, 0.15) is 12.0 Å². The lowest BCUT2D eigenvalue weighted by Gasteiger charge is -2.16. The summed E-state index contributed by atoms with van der Waals surface area (Å²) in [6.45, 7) is 1.91. The van der Waals surface area contributed by atoms with Crippen LogP contribution in [0.15, 0.2) is 36.5 Å². The third-order valence-corrected chi connectivity index (χ3v) is 3.31. The molecule has 0 spiro atoms. The zero-order chi connectivity index (χ0) is 14.7. The van der Waals surface area contributed by atoms with E-state index in [1.165, 1.54) is 12.3 Å². The minimum atomic E-state index is -0.490. The van der Waals surface area contributed by atoms with E-state index in [2.05, 4.69) is 10.3 Å². The molecule has 1 N–H and O–H groups in total. The van der Waals surface area contributed by atoms with E-state index >= 15 is 0 Å². The monoisotopic (exact) mass is 311 g/mol. The summed E-state index contributed by atoms with van der Waals surface area (Å²) in [7, 11) is 0. The molecule has 2 aromatic rings. The van der Waals surface area contributed by atoms with Crippen molar-refractivity contribution in [3.63, 3.8) is 0 Å². The molecule has 1 atom stereocenters. The Balaban J connectivity index is 2.14. The van der Waals surface area contributed by atoms with Crippen LogP contribution in [0.4, 0.5) is 11.5 Å². The van der Waals surface area contributed by atoms with Crippen LogP contribution in [0.5, 0.6) is 0 Å². The molecule has 0 radical (unpaired) electrons. The average Bonchev–Trinajstić information content (AvgIpc) is 2.39. The second kappa shape index (κ2) is 6.07. The van der Waals surface area contributed by atoms with Crippen molar-refractivity contribution in [2.75, 3.05) is 5.32 Å². The number of pyridine rings is 1. The van der Waals surface area contributed by atoms with Crippen LogP contribution in [-0.4, -0.2) is 9.91 Å². The number of hydrogen-bond donors (Lipinski definition) is 1. The molecule has 0 aliphatic rings. The molecule has 0 bridgehead atoms. The topological polar surface area (TPSA) is 68.1 Å². The van der Waals surface area contributed by atoms with Crippen molar-refractivity contribution in [1.82, 2.24) is 4.98 Å². The van der Waals surface area contributed by atoms with Gasteiger partial charge in [-0.3, -0.25) is 10.1 Å². The Hall–Kier alpha value is -1.85. The molecule has 0 aliphatic carbocycles. The van der Waals surface area contributed by atoms with E-state index < -0.39 is 4.92 Å². The number of hydrogen-bond acceptors (Lipinski definition) is 4. The number of aromatic nitrogens is 1. The second-order valence-electron chi connectivity index (χ2n) is 4.19. The first-order valence-corrected chi connectivity index (χ1v) is 6.55. The van der Waals surface area contributed by atoms with Crippen molar-refractivity contribution in [2.45, 2.75) is 13.0 Å². The second-order valence-corrected chi connectivity index (χ2v) is 5.03. The minimum absolute atomic E-state index is 0.0484. The van der Waals surface area contributed by atoms with Gasteiger partial charge in [-0.25, -0.2) is 4.98 Å². The van der Waals surface area contributed by atoms with Gasteiger partial charge in [-0.15, -0.1) is 0 Å². The van der Waals surface area contributed by atoms with Gasteiger partial charge in [-0.05, 0) is 30.7 Å². The molecule has 0 amide bonds. The summed E-state index contributed by atoms with van der Waals surface area (Å²) in [5.41, 5.74) is 0.823. The lowest BCUT2D eigenvalue weighted by Crippen LogP contribution is -2.08. The summed E-state index contributed by atoms with van der Waals surface area (Å²) < 4.78 is 0. The van der Waals surface area contributed by atoms with E-state index in [0.29, 0.717) is 15.9 Å². The number of anilines is 1. The predicted octanol–water partition coefficient (Wildman–Crippen LogP) is 4.47. The molecular formula is C13H11Cl2N3O2. The van der Waals surface area contributed by atoms with Crippen molar-refractivity contribution < 1.29 is 4.92 Å². The van der Waals surface area contributed by atoms with Gasteiger partial charge >= 0.3 is 0 Å². The molecule has 2 rings (SSSR count). The van der Waals surface area contributed by atoms with Crippen LogP contribution < -0.4 is 5.32 Å². The Morgan fingerprint density at radius 2 is 2.05 bits per heavy atom. The Kier molecular flexibility index (Phi) is 4.42. The Morgan fingerprint density at radius 3 is 2.60 bits per heavy atom. The Morgan fingerprint density at radius 1 is 1.30 bits per heavy atom. The van der Waals surface area contributed by atoms with Gasteiger partial charge < -0.3 is 5.32 Å². The van der Waals surface area contributed by atoms with Crippen LogP contribution in [0.25, 0.3) is 0 Å². The zero-order valence-corrected chi connectivity index (χ0v) is 12.0. The highest BCUT2D eigenvalue weighted by Crippen LogP contribution is 2.28. The first-order chi connectivity index (χ1) is 9.47. The molecule has 1 heterocycles. The predicted molar refractivity (Wildman–Crippen MR) is 79.4 cm³/mol. The molecule has 104 valence electrons. The number of halogens is 2. The normalized spacial score (nSPS) is 11.9. The van der Waals surface area contributed by atoms with E-state index in [4.69, 9.17) is 23.2 Å². The molecule has 1 aromatic heterocycles. The third kappa shape index (κ3) is 3.37. The number of benzene rings is 1. The maximum absolute atomic E-state index is 10.5. The summed E-state index contributed by atoms with van der Waals surface area (Å²) in [4.78, 5) is 14.0. The van der Waals surface area contributed by atoms with Crippen LogP contribution in [-0.2, 0) is 0 Å². The van der Waals surface area contributed by atoms with Gasteiger partial charge in [0.2, 0.25) is 0 Å². The fraction of sp³-hybridized carbons (Fsp3) is 0.154. The Bertz CT molecular complexity index is 632. The summed E-state index contributed by atoms with van der Waals surface area (Å²) in [6.07, 6.45) is 1.21. The molecule has 1 unspecified atom stereocenters. The van der Waals surface area contributed by atoms with E-state index in [-0.39, 0.29) is 11.7 Å². The standard InChI is InChI=1S/C13H11Cl2N3O2/c1-8(11-4-2-9(14)6-12(11)15)17-13-5-3-10(7-16-13)18(19)20/h2-8H,1H3,(H,16,17). The summed E-state index contributed by atoms with van der Waals surface area (Å²) in [5, 5.41) is 14.8. The highest BCUT2D eigenvalue weighted by molar-refractivity contribution is 6.35. The molecule has 0 fully saturated rings. The largest absolute Gasteiger partial charge is 0.363 e. The van der Waals surface area contributed by atoms with Crippen LogP contribution in [0, 0.1) is 10.1 Å². The van der Waals surface area contributed by atoms with Crippen LogP contribution >= 0.6 is 23.2 Å². The molecule has 0 aliphatic heterocycles. The average molecular weight is 312 g/mol. The summed E-state index contributed by atoms with van der Waals surface area (Å²) >= 11 is 12.0. The maximum Gasteiger partial charge on any atom is 0.287 e. The molecule has 1 aromatic carbocycles. The van der Waals surface area contributed by atoms with E-state index in [1.54, 1.807) is 18.2 Å². The van der Waals surface area contributed by atoms with Crippen LogP contribution in [0.2, 0.25) is 10.0 Å². The van der Waals surface area contributed by atoms with Gasteiger partial charge in [0.15, 0.2) is 0 Å². The quantitative estimate of drug-likeness (QED) is 0.668.